The van der Waals surface area contributed by atoms with Crippen molar-refractivity contribution in [3.63, 3.8) is 0 Å². The van der Waals surface area contributed by atoms with Gasteiger partial charge in [-0.3, -0.25) is 4.79 Å². The van der Waals surface area contributed by atoms with Crippen molar-refractivity contribution < 1.29 is 9.21 Å². The maximum absolute atomic E-state index is 10.7. The van der Waals surface area contributed by atoms with Crippen molar-refractivity contribution in [3.05, 3.63) is 34.6 Å². The molecular formula is C12H12O2. The average Bonchev–Trinajstić information content (AvgIpc) is 2.50. The maximum atomic E-state index is 10.7. The molecule has 0 N–H and O–H groups in total. The molecule has 1 heterocycles. The zero-order valence-electron chi connectivity index (χ0n) is 8.55. The Kier molecular flexibility index (Phi) is 1.92. The van der Waals surface area contributed by atoms with Crippen LogP contribution in [0, 0.1) is 20.8 Å². The molecule has 0 fully saturated rings. The summed E-state index contributed by atoms with van der Waals surface area (Å²) >= 11 is 0. The third-order valence-electron chi connectivity index (χ3n) is 2.77. The van der Waals surface area contributed by atoms with E-state index < -0.39 is 0 Å². The second-order valence-corrected chi connectivity index (χ2v) is 3.59. The number of furan rings is 1. The summed E-state index contributed by atoms with van der Waals surface area (Å²) in [4.78, 5) is 10.7. The van der Waals surface area contributed by atoms with Crippen molar-refractivity contribution in [2.24, 2.45) is 0 Å². The van der Waals surface area contributed by atoms with Crippen LogP contribution in [0.2, 0.25) is 0 Å². The van der Waals surface area contributed by atoms with E-state index in [9.17, 15) is 4.79 Å². The lowest BCUT2D eigenvalue weighted by molar-refractivity contribution is 0.110. The van der Waals surface area contributed by atoms with Crippen LogP contribution in [0.15, 0.2) is 16.5 Å². The normalized spacial score (nSPS) is 10.8. The second-order valence-electron chi connectivity index (χ2n) is 3.59. The first-order chi connectivity index (χ1) is 6.65. The smallest absolute Gasteiger partial charge is 0.185 e. The highest BCUT2D eigenvalue weighted by molar-refractivity contribution is 5.91. The molecule has 1 aromatic heterocycles. The van der Waals surface area contributed by atoms with Crippen LogP contribution in [0.3, 0.4) is 0 Å². The Morgan fingerprint density at radius 2 is 1.86 bits per heavy atom. The molecule has 2 aromatic rings. The van der Waals surface area contributed by atoms with Crippen molar-refractivity contribution in [3.8, 4) is 0 Å². The molecule has 2 rings (SSSR count). The van der Waals surface area contributed by atoms with Gasteiger partial charge in [-0.15, -0.1) is 0 Å². The zero-order valence-corrected chi connectivity index (χ0v) is 8.55. The Balaban J connectivity index is 2.91. The van der Waals surface area contributed by atoms with Gasteiger partial charge in [-0.25, -0.2) is 0 Å². The third kappa shape index (κ3) is 1.07. The maximum Gasteiger partial charge on any atom is 0.185 e. The quantitative estimate of drug-likeness (QED) is 0.643. The predicted molar refractivity (Wildman–Crippen MR) is 55.8 cm³/mol. The van der Waals surface area contributed by atoms with Crippen molar-refractivity contribution >= 4 is 17.3 Å². The number of rotatable bonds is 1. The van der Waals surface area contributed by atoms with Crippen LogP contribution >= 0.6 is 0 Å². The Morgan fingerprint density at radius 3 is 2.50 bits per heavy atom. The molecule has 2 heteroatoms. The van der Waals surface area contributed by atoms with Gasteiger partial charge in [0.2, 0.25) is 0 Å². The van der Waals surface area contributed by atoms with Gasteiger partial charge in [0, 0.05) is 10.9 Å². The van der Waals surface area contributed by atoms with E-state index in [1.165, 1.54) is 5.56 Å². The summed E-state index contributed by atoms with van der Waals surface area (Å²) in [6.07, 6.45) is 0.768. The third-order valence-corrected chi connectivity index (χ3v) is 2.77. The Bertz CT molecular complexity index is 507. The fourth-order valence-corrected chi connectivity index (χ4v) is 1.65. The molecule has 0 aliphatic heterocycles. The molecule has 1 aromatic carbocycles. The number of carbonyl (C=O) groups is 1. The van der Waals surface area contributed by atoms with Gasteiger partial charge in [-0.05, 0) is 31.9 Å². The summed E-state index contributed by atoms with van der Waals surface area (Å²) in [6, 6.07) is 4.05. The molecule has 0 radical (unpaired) electrons. The Labute approximate surface area is 82.5 Å². The molecule has 0 atom stereocenters. The van der Waals surface area contributed by atoms with Gasteiger partial charge >= 0.3 is 0 Å². The lowest BCUT2D eigenvalue weighted by atomic mass is 10.1. The summed E-state index contributed by atoms with van der Waals surface area (Å²) in [5.74, 6) is 0.439. The number of benzene rings is 1. The molecule has 0 aliphatic carbocycles. The molecule has 0 amide bonds. The molecule has 0 unspecified atom stereocenters. The van der Waals surface area contributed by atoms with E-state index in [1.807, 2.05) is 26.8 Å². The molecule has 0 saturated heterocycles. The van der Waals surface area contributed by atoms with Crippen LogP contribution in [0.1, 0.15) is 27.2 Å². The van der Waals surface area contributed by atoms with Gasteiger partial charge < -0.3 is 4.42 Å². The highest BCUT2D eigenvalue weighted by Crippen LogP contribution is 2.28. The van der Waals surface area contributed by atoms with Crippen molar-refractivity contribution in [1.82, 2.24) is 0 Å². The number of carbonyl (C=O) groups excluding carboxylic acids is 1. The summed E-state index contributed by atoms with van der Waals surface area (Å²) in [5.41, 5.74) is 4.06. The van der Waals surface area contributed by atoms with Gasteiger partial charge in [0.05, 0.1) is 0 Å². The number of aryl methyl sites for hydroxylation is 3. The van der Waals surface area contributed by atoms with Crippen LogP contribution in [0.25, 0.3) is 11.0 Å². The van der Waals surface area contributed by atoms with Gasteiger partial charge in [-0.2, -0.15) is 0 Å². The molecule has 0 spiro atoms. The van der Waals surface area contributed by atoms with Crippen LogP contribution in [-0.2, 0) is 0 Å². The topological polar surface area (TPSA) is 30.2 Å². The standard InChI is InChI=1S/C12H12O2/c1-7-4-5-10-9(3)11(6-13)14-12(10)8(7)2/h4-6H,1-3H3. The lowest BCUT2D eigenvalue weighted by Crippen LogP contribution is -1.80. The minimum Gasteiger partial charge on any atom is -0.453 e. The number of aldehydes is 1. The highest BCUT2D eigenvalue weighted by Gasteiger charge is 2.11. The predicted octanol–water partition coefficient (Wildman–Crippen LogP) is 3.17. The number of hydrogen-bond donors (Lipinski definition) is 0. The Hall–Kier alpha value is -1.57. The fourth-order valence-electron chi connectivity index (χ4n) is 1.65. The summed E-state index contributed by atoms with van der Waals surface area (Å²) in [7, 11) is 0. The largest absolute Gasteiger partial charge is 0.453 e. The van der Waals surface area contributed by atoms with E-state index >= 15 is 0 Å². The highest BCUT2D eigenvalue weighted by atomic mass is 16.3. The lowest BCUT2D eigenvalue weighted by Gasteiger charge is -1.98. The van der Waals surface area contributed by atoms with Crippen LogP contribution < -0.4 is 0 Å². The van der Waals surface area contributed by atoms with E-state index in [0.717, 1.165) is 28.4 Å². The van der Waals surface area contributed by atoms with Crippen LogP contribution in [0.5, 0.6) is 0 Å². The van der Waals surface area contributed by atoms with E-state index in [4.69, 9.17) is 4.42 Å². The van der Waals surface area contributed by atoms with Gasteiger partial charge in [0.25, 0.3) is 0 Å². The molecule has 0 bridgehead atoms. The molecular weight excluding hydrogens is 176 g/mol. The van der Waals surface area contributed by atoms with E-state index in [2.05, 4.69) is 6.07 Å². The van der Waals surface area contributed by atoms with Crippen LogP contribution in [-0.4, -0.2) is 6.29 Å². The van der Waals surface area contributed by atoms with Crippen molar-refractivity contribution in [2.75, 3.05) is 0 Å². The molecule has 0 aliphatic rings. The molecule has 14 heavy (non-hydrogen) atoms. The minimum absolute atomic E-state index is 0.439. The van der Waals surface area contributed by atoms with Gasteiger partial charge in [0.15, 0.2) is 12.0 Å². The first-order valence-electron chi connectivity index (χ1n) is 4.59. The molecule has 2 nitrogen and oxygen atoms in total. The number of fused-ring (bicyclic) bond motifs is 1. The fraction of sp³-hybridized carbons (Fsp3) is 0.250. The van der Waals surface area contributed by atoms with Gasteiger partial charge in [0.1, 0.15) is 5.58 Å². The monoisotopic (exact) mass is 188 g/mol. The van der Waals surface area contributed by atoms with E-state index in [-0.39, 0.29) is 0 Å². The second kappa shape index (κ2) is 2.98. The van der Waals surface area contributed by atoms with Gasteiger partial charge in [-0.1, -0.05) is 12.1 Å². The van der Waals surface area contributed by atoms with E-state index in [0.29, 0.717) is 5.76 Å². The van der Waals surface area contributed by atoms with Crippen molar-refractivity contribution in [2.45, 2.75) is 20.8 Å². The minimum atomic E-state index is 0.439. The van der Waals surface area contributed by atoms with Crippen LogP contribution in [0.4, 0.5) is 0 Å². The average molecular weight is 188 g/mol. The summed E-state index contributed by atoms with van der Waals surface area (Å²) in [5, 5.41) is 1.04. The molecule has 0 saturated carbocycles. The first-order valence-corrected chi connectivity index (χ1v) is 4.59. The Morgan fingerprint density at radius 1 is 1.14 bits per heavy atom. The number of hydrogen-bond acceptors (Lipinski definition) is 2. The summed E-state index contributed by atoms with van der Waals surface area (Å²) in [6.45, 7) is 5.95. The first kappa shape index (κ1) is 9.00. The summed E-state index contributed by atoms with van der Waals surface area (Å²) < 4.78 is 5.49. The molecule has 72 valence electrons. The van der Waals surface area contributed by atoms with E-state index in [1.54, 1.807) is 0 Å². The SMILES string of the molecule is Cc1ccc2c(C)c(C=O)oc2c1C. The zero-order chi connectivity index (χ0) is 10.3. The van der Waals surface area contributed by atoms with Crippen molar-refractivity contribution in [1.29, 1.82) is 0 Å².